The molecule has 1 atom stereocenters. The van der Waals surface area contributed by atoms with Gasteiger partial charge >= 0.3 is 5.97 Å². The van der Waals surface area contributed by atoms with Gasteiger partial charge in [-0.2, -0.15) is 0 Å². The van der Waals surface area contributed by atoms with Gasteiger partial charge in [0, 0.05) is 18.5 Å². The molecule has 2 N–H and O–H groups in total. The maximum Gasteiger partial charge on any atom is 0.337 e. The summed E-state index contributed by atoms with van der Waals surface area (Å²) in [6.07, 6.45) is 0.396. The number of β-amino-alcohol motifs (C(OH)–C–C–N with tert-alkyl or cyclic N) is 1. The number of aliphatic hydroxyl groups is 1. The van der Waals surface area contributed by atoms with E-state index in [9.17, 15) is 15.0 Å². The van der Waals surface area contributed by atoms with Gasteiger partial charge < -0.3 is 15.1 Å². The molecular formula is C14H13ClN2O3. The number of hydrogen-bond donors (Lipinski definition) is 2. The van der Waals surface area contributed by atoms with Crippen LogP contribution in [0.4, 0.5) is 5.82 Å². The molecule has 6 heteroatoms. The van der Waals surface area contributed by atoms with Gasteiger partial charge in [-0.05, 0) is 30.7 Å². The van der Waals surface area contributed by atoms with E-state index >= 15 is 0 Å². The third-order valence-corrected chi connectivity index (χ3v) is 3.82. The number of halogens is 1. The molecule has 0 bridgehead atoms. The van der Waals surface area contributed by atoms with Crippen LogP contribution in [0, 0.1) is 0 Å². The van der Waals surface area contributed by atoms with Gasteiger partial charge in [0.25, 0.3) is 0 Å². The highest BCUT2D eigenvalue weighted by Crippen LogP contribution is 2.28. The summed E-state index contributed by atoms with van der Waals surface area (Å²) in [5.74, 6) is -0.320. The fraction of sp³-hybridized carbons (Fsp3) is 0.286. The van der Waals surface area contributed by atoms with Crippen molar-refractivity contribution in [1.29, 1.82) is 0 Å². The lowest BCUT2D eigenvalue weighted by atomic mass is 10.1. The van der Waals surface area contributed by atoms with Crippen molar-refractivity contribution < 1.29 is 15.0 Å². The van der Waals surface area contributed by atoms with E-state index in [-0.39, 0.29) is 16.7 Å². The van der Waals surface area contributed by atoms with Crippen LogP contribution < -0.4 is 4.90 Å². The fourth-order valence-corrected chi connectivity index (χ4v) is 2.76. The summed E-state index contributed by atoms with van der Waals surface area (Å²) in [5.41, 5.74) is 0.662. The minimum Gasteiger partial charge on any atom is -0.478 e. The second-order valence-corrected chi connectivity index (χ2v) is 5.26. The Morgan fingerprint density at radius 2 is 2.15 bits per heavy atom. The smallest absolute Gasteiger partial charge is 0.337 e. The number of pyridine rings is 1. The number of hydrogen-bond acceptors (Lipinski definition) is 4. The Morgan fingerprint density at radius 1 is 1.35 bits per heavy atom. The molecule has 104 valence electrons. The van der Waals surface area contributed by atoms with Crippen LogP contribution >= 0.6 is 11.6 Å². The summed E-state index contributed by atoms with van der Waals surface area (Å²) in [5, 5.41) is 19.5. The predicted octanol–water partition coefficient (Wildman–Crippen LogP) is 2.16. The zero-order valence-electron chi connectivity index (χ0n) is 10.6. The number of carboxylic acids is 1. The minimum atomic E-state index is -1.06. The van der Waals surface area contributed by atoms with Crippen molar-refractivity contribution in [2.24, 2.45) is 0 Å². The normalized spacial score (nSPS) is 18.7. The van der Waals surface area contributed by atoms with Crippen LogP contribution in [0.2, 0.25) is 5.02 Å². The number of nitrogens with zero attached hydrogens (tertiary/aromatic N) is 2. The van der Waals surface area contributed by atoms with Crippen LogP contribution in [0.15, 0.2) is 24.3 Å². The maximum absolute atomic E-state index is 11.3. The molecule has 0 spiro atoms. The van der Waals surface area contributed by atoms with E-state index in [1.54, 1.807) is 24.3 Å². The Kier molecular flexibility index (Phi) is 3.23. The van der Waals surface area contributed by atoms with Crippen molar-refractivity contribution in [1.82, 2.24) is 4.98 Å². The van der Waals surface area contributed by atoms with Crippen LogP contribution in [0.25, 0.3) is 10.9 Å². The predicted molar refractivity (Wildman–Crippen MR) is 76.5 cm³/mol. The third-order valence-electron chi connectivity index (χ3n) is 3.51. The molecule has 2 heterocycles. The maximum atomic E-state index is 11.3. The highest BCUT2D eigenvalue weighted by Gasteiger charge is 2.22. The molecule has 3 rings (SSSR count). The molecule has 1 aliphatic heterocycles. The molecule has 1 aromatic heterocycles. The highest BCUT2D eigenvalue weighted by atomic mass is 35.5. The average Bonchev–Trinajstić information content (AvgIpc) is 2.84. The van der Waals surface area contributed by atoms with Gasteiger partial charge in [-0.1, -0.05) is 11.6 Å². The van der Waals surface area contributed by atoms with Gasteiger partial charge in [0.05, 0.1) is 22.2 Å². The number of benzene rings is 1. The number of rotatable bonds is 2. The van der Waals surface area contributed by atoms with E-state index in [0.717, 1.165) is 18.8 Å². The molecule has 0 aliphatic carbocycles. The van der Waals surface area contributed by atoms with E-state index in [0.29, 0.717) is 17.4 Å². The molecule has 1 aliphatic rings. The zero-order chi connectivity index (χ0) is 14.3. The second-order valence-electron chi connectivity index (χ2n) is 4.85. The molecule has 1 saturated heterocycles. The summed E-state index contributed by atoms with van der Waals surface area (Å²) < 4.78 is 0. The average molecular weight is 293 g/mol. The van der Waals surface area contributed by atoms with E-state index in [1.165, 1.54) is 0 Å². The first-order chi connectivity index (χ1) is 9.56. The van der Waals surface area contributed by atoms with E-state index in [2.05, 4.69) is 4.98 Å². The SMILES string of the molecule is O=C(O)c1c(Cl)ccc2nc(N3CCC(O)C3)ccc12. The lowest BCUT2D eigenvalue weighted by Crippen LogP contribution is -2.22. The molecule has 5 nitrogen and oxygen atoms in total. The molecule has 0 radical (unpaired) electrons. The van der Waals surface area contributed by atoms with Gasteiger partial charge in [-0.25, -0.2) is 9.78 Å². The quantitative estimate of drug-likeness (QED) is 0.887. The number of carbonyl (C=O) groups is 1. The first kappa shape index (κ1) is 13.1. The third kappa shape index (κ3) is 2.19. The molecular weight excluding hydrogens is 280 g/mol. The van der Waals surface area contributed by atoms with Crippen molar-refractivity contribution >= 4 is 34.3 Å². The van der Waals surface area contributed by atoms with Crippen molar-refractivity contribution in [3.63, 3.8) is 0 Å². The number of aromatic nitrogens is 1. The molecule has 2 aromatic rings. The van der Waals surface area contributed by atoms with Crippen LogP contribution in [-0.2, 0) is 0 Å². The Morgan fingerprint density at radius 3 is 2.80 bits per heavy atom. The Bertz CT molecular complexity index is 689. The topological polar surface area (TPSA) is 73.7 Å². The number of anilines is 1. The molecule has 1 fully saturated rings. The minimum absolute atomic E-state index is 0.0738. The van der Waals surface area contributed by atoms with Gasteiger partial charge in [0.2, 0.25) is 0 Å². The zero-order valence-corrected chi connectivity index (χ0v) is 11.3. The molecule has 1 unspecified atom stereocenters. The van der Waals surface area contributed by atoms with Gasteiger partial charge in [-0.15, -0.1) is 0 Å². The number of carboxylic acid groups (broad SMARTS) is 1. The van der Waals surface area contributed by atoms with Crippen molar-refractivity contribution in [2.75, 3.05) is 18.0 Å². The summed E-state index contributed by atoms with van der Waals surface area (Å²) in [7, 11) is 0. The monoisotopic (exact) mass is 292 g/mol. The Balaban J connectivity index is 2.09. The van der Waals surface area contributed by atoms with Crippen molar-refractivity contribution in [3.8, 4) is 0 Å². The summed E-state index contributed by atoms with van der Waals surface area (Å²) in [6, 6.07) is 6.74. The standard InChI is InChI=1S/C14H13ClN2O3/c15-10-2-3-11-9(13(10)14(19)20)1-4-12(16-11)17-6-5-8(18)7-17/h1-4,8,18H,5-7H2,(H,19,20). The lowest BCUT2D eigenvalue weighted by molar-refractivity contribution is 0.0699. The fourth-order valence-electron chi connectivity index (χ4n) is 2.51. The molecule has 20 heavy (non-hydrogen) atoms. The lowest BCUT2D eigenvalue weighted by Gasteiger charge is -2.17. The Hall–Kier alpha value is -1.85. The summed E-state index contributed by atoms with van der Waals surface area (Å²) >= 11 is 5.93. The summed E-state index contributed by atoms with van der Waals surface area (Å²) in [4.78, 5) is 17.7. The van der Waals surface area contributed by atoms with E-state index in [4.69, 9.17) is 11.6 Å². The van der Waals surface area contributed by atoms with E-state index in [1.807, 2.05) is 4.90 Å². The largest absolute Gasteiger partial charge is 0.478 e. The van der Waals surface area contributed by atoms with E-state index < -0.39 is 5.97 Å². The van der Waals surface area contributed by atoms with Crippen LogP contribution in [0.1, 0.15) is 16.8 Å². The first-order valence-electron chi connectivity index (χ1n) is 6.32. The van der Waals surface area contributed by atoms with Crippen LogP contribution in [-0.4, -0.2) is 40.4 Å². The number of aromatic carboxylic acids is 1. The molecule has 0 amide bonds. The van der Waals surface area contributed by atoms with Gasteiger partial charge in [0.1, 0.15) is 5.82 Å². The van der Waals surface area contributed by atoms with Crippen molar-refractivity contribution in [3.05, 3.63) is 34.9 Å². The van der Waals surface area contributed by atoms with Crippen molar-refractivity contribution in [2.45, 2.75) is 12.5 Å². The highest BCUT2D eigenvalue weighted by molar-refractivity contribution is 6.35. The second kappa shape index (κ2) is 4.92. The molecule has 0 saturated carbocycles. The van der Waals surface area contributed by atoms with Gasteiger partial charge in [-0.3, -0.25) is 0 Å². The molecule has 1 aromatic carbocycles. The first-order valence-corrected chi connectivity index (χ1v) is 6.69. The van der Waals surface area contributed by atoms with Gasteiger partial charge in [0.15, 0.2) is 0 Å². The number of aliphatic hydroxyl groups excluding tert-OH is 1. The number of fused-ring (bicyclic) bond motifs is 1. The van der Waals surface area contributed by atoms with Crippen LogP contribution in [0.5, 0.6) is 0 Å². The summed E-state index contributed by atoms with van der Waals surface area (Å²) in [6.45, 7) is 1.30. The van der Waals surface area contributed by atoms with Crippen LogP contribution in [0.3, 0.4) is 0 Å². The Labute approximate surface area is 120 Å².